The highest BCUT2D eigenvalue weighted by Crippen LogP contribution is 2.28. The van der Waals surface area contributed by atoms with Crippen LogP contribution in [-0.2, 0) is 4.79 Å². The van der Waals surface area contributed by atoms with Crippen molar-refractivity contribution in [1.82, 2.24) is 9.88 Å². The normalized spacial score (nSPS) is 17.0. The lowest BCUT2D eigenvalue weighted by atomic mass is 10.1. The predicted octanol–water partition coefficient (Wildman–Crippen LogP) is 3.87. The van der Waals surface area contributed by atoms with Crippen molar-refractivity contribution in [3.63, 3.8) is 0 Å². The van der Waals surface area contributed by atoms with Crippen LogP contribution in [-0.4, -0.2) is 34.9 Å². The van der Waals surface area contributed by atoms with E-state index < -0.39 is 0 Å². The Kier molecular flexibility index (Phi) is 4.45. The molecule has 1 amide bonds. The fourth-order valence-corrected chi connectivity index (χ4v) is 3.88. The van der Waals surface area contributed by atoms with E-state index >= 15 is 0 Å². The molecule has 1 atom stereocenters. The van der Waals surface area contributed by atoms with Crippen LogP contribution in [0.1, 0.15) is 26.2 Å². The Balaban J connectivity index is 1.70. The van der Waals surface area contributed by atoms with Gasteiger partial charge in [-0.3, -0.25) is 4.79 Å². The fraction of sp³-hybridized carbons (Fsp3) is 0.467. The number of aromatic nitrogens is 1. The van der Waals surface area contributed by atoms with Crippen LogP contribution in [0.25, 0.3) is 10.2 Å². The van der Waals surface area contributed by atoms with Crippen molar-refractivity contribution in [3.05, 3.63) is 22.7 Å². The number of hydrogen-bond acceptors (Lipinski definition) is 4. The third kappa shape index (κ3) is 3.37. The van der Waals surface area contributed by atoms with Crippen LogP contribution in [0, 0.1) is 0 Å². The number of carbonyl (C=O) groups is 1. The van der Waals surface area contributed by atoms with Gasteiger partial charge in [0.1, 0.15) is 6.04 Å². The number of likely N-dealkylation sites (tertiary alicyclic amines) is 1. The van der Waals surface area contributed by atoms with Crippen molar-refractivity contribution in [2.75, 3.05) is 18.4 Å². The Morgan fingerprint density at radius 1 is 1.38 bits per heavy atom. The molecule has 1 aromatic heterocycles. The van der Waals surface area contributed by atoms with Crippen molar-refractivity contribution in [2.24, 2.45) is 0 Å². The Labute approximate surface area is 136 Å². The van der Waals surface area contributed by atoms with Gasteiger partial charge in [0, 0.05) is 17.6 Å². The highest BCUT2D eigenvalue weighted by atomic mass is 79.9. The van der Waals surface area contributed by atoms with E-state index in [0.717, 1.165) is 45.8 Å². The molecule has 1 N–H and O–H groups in total. The summed E-state index contributed by atoms with van der Waals surface area (Å²) in [6.45, 7) is 3.69. The Hall–Kier alpha value is -1.14. The summed E-state index contributed by atoms with van der Waals surface area (Å²) in [5.41, 5.74) is 0.953. The smallest absolute Gasteiger partial charge is 0.244 e. The lowest BCUT2D eigenvalue weighted by molar-refractivity contribution is -0.132. The molecule has 21 heavy (non-hydrogen) atoms. The molecule has 1 fully saturated rings. The van der Waals surface area contributed by atoms with Crippen molar-refractivity contribution >= 4 is 48.5 Å². The Morgan fingerprint density at radius 2 is 2.14 bits per heavy atom. The maximum Gasteiger partial charge on any atom is 0.244 e. The molecule has 2 heterocycles. The van der Waals surface area contributed by atoms with Crippen LogP contribution >= 0.6 is 27.3 Å². The molecule has 0 bridgehead atoms. The molecule has 0 saturated carbocycles. The van der Waals surface area contributed by atoms with E-state index in [9.17, 15) is 4.79 Å². The average molecular weight is 368 g/mol. The maximum absolute atomic E-state index is 12.4. The minimum atomic E-state index is -0.230. The first-order valence-electron chi connectivity index (χ1n) is 7.25. The fourth-order valence-electron chi connectivity index (χ4n) is 2.60. The number of benzene rings is 1. The summed E-state index contributed by atoms with van der Waals surface area (Å²) in [5.74, 6) is 0.176. The van der Waals surface area contributed by atoms with Gasteiger partial charge in [-0.1, -0.05) is 27.3 Å². The number of nitrogens with zero attached hydrogens (tertiary/aromatic N) is 2. The van der Waals surface area contributed by atoms with Gasteiger partial charge < -0.3 is 10.2 Å². The number of amides is 1. The monoisotopic (exact) mass is 367 g/mol. The van der Waals surface area contributed by atoms with Crippen LogP contribution in [0.5, 0.6) is 0 Å². The van der Waals surface area contributed by atoms with Crippen LogP contribution in [0.2, 0.25) is 0 Å². The van der Waals surface area contributed by atoms with Crippen molar-refractivity contribution in [1.29, 1.82) is 0 Å². The van der Waals surface area contributed by atoms with Crippen molar-refractivity contribution in [3.8, 4) is 0 Å². The number of rotatable bonds is 3. The zero-order valence-corrected chi connectivity index (χ0v) is 14.3. The average Bonchev–Trinajstić information content (AvgIpc) is 2.88. The van der Waals surface area contributed by atoms with E-state index in [2.05, 4.69) is 26.2 Å². The highest BCUT2D eigenvalue weighted by Gasteiger charge is 2.22. The molecule has 1 saturated heterocycles. The Morgan fingerprint density at radius 3 is 2.90 bits per heavy atom. The number of hydrogen-bond donors (Lipinski definition) is 1. The van der Waals surface area contributed by atoms with Gasteiger partial charge in [0.15, 0.2) is 5.13 Å². The summed E-state index contributed by atoms with van der Waals surface area (Å²) in [5, 5.41) is 4.06. The van der Waals surface area contributed by atoms with Crippen LogP contribution in [0.4, 0.5) is 5.13 Å². The molecule has 1 aromatic carbocycles. The van der Waals surface area contributed by atoms with Gasteiger partial charge in [-0.15, -0.1) is 0 Å². The molecule has 0 spiro atoms. The molecule has 1 aliphatic heterocycles. The lowest BCUT2D eigenvalue weighted by Crippen LogP contribution is -2.43. The van der Waals surface area contributed by atoms with Crippen LogP contribution in [0.15, 0.2) is 22.7 Å². The van der Waals surface area contributed by atoms with Gasteiger partial charge >= 0.3 is 0 Å². The summed E-state index contributed by atoms with van der Waals surface area (Å²) >= 11 is 5.04. The first-order valence-corrected chi connectivity index (χ1v) is 8.86. The molecule has 1 aliphatic rings. The summed E-state index contributed by atoms with van der Waals surface area (Å²) in [6, 6.07) is 5.81. The third-order valence-electron chi connectivity index (χ3n) is 3.73. The second kappa shape index (κ2) is 6.32. The van der Waals surface area contributed by atoms with Crippen molar-refractivity contribution < 1.29 is 4.79 Å². The molecular weight excluding hydrogens is 350 g/mol. The van der Waals surface area contributed by atoms with E-state index in [4.69, 9.17) is 0 Å². The van der Waals surface area contributed by atoms with Crippen LogP contribution in [0.3, 0.4) is 0 Å². The first-order chi connectivity index (χ1) is 10.1. The zero-order chi connectivity index (χ0) is 14.8. The molecular formula is C15H18BrN3OS. The number of anilines is 1. The Bertz CT molecular complexity index is 651. The SMILES string of the molecule is CC(Nc1nc2cc(Br)ccc2s1)C(=O)N1CCCCC1. The number of halogens is 1. The van der Waals surface area contributed by atoms with Gasteiger partial charge in [0.05, 0.1) is 10.2 Å². The summed E-state index contributed by atoms with van der Waals surface area (Å²) < 4.78 is 2.14. The van der Waals surface area contributed by atoms with Gasteiger partial charge in [0.2, 0.25) is 5.91 Å². The molecule has 2 aromatic rings. The quantitative estimate of drug-likeness (QED) is 0.895. The molecule has 3 rings (SSSR count). The molecule has 6 heteroatoms. The van der Waals surface area contributed by atoms with E-state index in [-0.39, 0.29) is 11.9 Å². The number of thiazole rings is 1. The van der Waals surface area contributed by atoms with E-state index in [1.807, 2.05) is 30.0 Å². The summed E-state index contributed by atoms with van der Waals surface area (Å²) in [6.07, 6.45) is 3.47. The van der Waals surface area contributed by atoms with E-state index in [0.29, 0.717) is 0 Å². The van der Waals surface area contributed by atoms with Gasteiger partial charge in [-0.05, 0) is 44.4 Å². The molecule has 1 unspecified atom stereocenters. The molecule has 112 valence electrons. The summed E-state index contributed by atoms with van der Waals surface area (Å²) in [4.78, 5) is 18.9. The minimum Gasteiger partial charge on any atom is -0.350 e. The van der Waals surface area contributed by atoms with Crippen LogP contribution < -0.4 is 5.32 Å². The lowest BCUT2D eigenvalue weighted by Gasteiger charge is -2.29. The van der Waals surface area contributed by atoms with Gasteiger partial charge in [0.25, 0.3) is 0 Å². The molecule has 0 radical (unpaired) electrons. The number of fused-ring (bicyclic) bond motifs is 1. The maximum atomic E-state index is 12.4. The zero-order valence-electron chi connectivity index (χ0n) is 11.9. The standard InChI is InChI=1S/C15H18BrN3OS/c1-10(14(20)19-7-3-2-4-8-19)17-15-18-12-9-11(16)5-6-13(12)21-15/h5-6,9-10H,2-4,7-8H2,1H3,(H,17,18). The minimum absolute atomic E-state index is 0.176. The molecule has 4 nitrogen and oxygen atoms in total. The van der Waals surface area contributed by atoms with E-state index in [1.54, 1.807) is 11.3 Å². The number of nitrogens with one attached hydrogen (secondary N) is 1. The van der Waals surface area contributed by atoms with Gasteiger partial charge in [-0.2, -0.15) is 0 Å². The van der Waals surface area contributed by atoms with Gasteiger partial charge in [-0.25, -0.2) is 4.98 Å². The third-order valence-corrected chi connectivity index (χ3v) is 5.19. The first kappa shape index (κ1) is 14.8. The summed E-state index contributed by atoms with van der Waals surface area (Å²) in [7, 11) is 0. The van der Waals surface area contributed by atoms with E-state index in [1.165, 1.54) is 6.42 Å². The highest BCUT2D eigenvalue weighted by molar-refractivity contribution is 9.10. The number of piperidine rings is 1. The predicted molar refractivity (Wildman–Crippen MR) is 90.8 cm³/mol. The number of carbonyl (C=O) groups excluding carboxylic acids is 1. The second-order valence-electron chi connectivity index (χ2n) is 5.38. The second-order valence-corrected chi connectivity index (χ2v) is 7.33. The topological polar surface area (TPSA) is 45.2 Å². The molecule has 0 aliphatic carbocycles. The van der Waals surface area contributed by atoms with Crippen molar-refractivity contribution in [2.45, 2.75) is 32.2 Å². The largest absolute Gasteiger partial charge is 0.350 e.